The zero-order valence-electron chi connectivity index (χ0n) is 51.0. The molecule has 27 heteroatoms. The van der Waals surface area contributed by atoms with Crippen molar-refractivity contribution in [2.45, 2.75) is 65.5 Å². The topological polar surface area (TPSA) is 234 Å². The summed E-state index contributed by atoms with van der Waals surface area (Å²) in [5, 5.41) is 8.28. The van der Waals surface area contributed by atoms with Crippen LogP contribution in [0.15, 0.2) is 91.3 Å². The highest BCUT2D eigenvalue weighted by Crippen LogP contribution is 2.41. The molecule has 3 fully saturated rings. The largest absolute Gasteiger partial charge is 0.486 e. The molecule has 0 radical (unpaired) electrons. The maximum absolute atomic E-state index is 14.9. The molecule has 5 aliphatic rings. The van der Waals surface area contributed by atoms with Crippen molar-refractivity contribution in [3.05, 3.63) is 165 Å². The average molecular weight is 1300 g/mol. The molecular formula is C65H70ClF7N10O9. The number of carboxylic acid groups (broad SMARTS) is 1. The number of amides is 2. The molecule has 5 aliphatic heterocycles. The van der Waals surface area contributed by atoms with E-state index < -0.39 is 46.7 Å². The lowest BCUT2D eigenvalue weighted by Crippen LogP contribution is -2.41. The molecule has 0 aliphatic carbocycles. The van der Waals surface area contributed by atoms with Crippen LogP contribution in [0.5, 0.6) is 11.5 Å². The fraction of sp³-hybridized carbons (Fsp3) is 0.369. The van der Waals surface area contributed by atoms with E-state index in [1.54, 1.807) is 28.0 Å². The van der Waals surface area contributed by atoms with Crippen LogP contribution in [0, 0.1) is 40.7 Å². The molecule has 7 heterocycles. The number of ether oxygens (including phenoxy) is 5. The van der Waals surface area contributed by atoms with Crippen molar-refractivity contribution in [2.75, 3.05) is 113 Å². The highest BCUT2D eigenvalue weighted by molar-refractivity contribution is 6.28. The van der Waals surface area contributed by atoms with E-state index in [0.717, 1.165) is 43.8 Å². The first-order valence-corrected chi connectivity index (χ1v) is 30.1. The number of hydrogen-bond acceptors (Lipinski definition) is 16. The summed E-state index contributed by atoms with van der Waals surface area (Å²) in [6, 6.07) is 17.9. The smallest absolute Gasteiger partial charge is 0.338 e. The maximum atomic E-state index is 14.9. The highest BCUT2D eigenvalue weighted by atomic mass is 35.5. The van der Waals surface area contributed by atoms with Crippen molar-refractivity contribution >= 4 is 52.1 Å². The van der Waals surface area contributed by atoms with Crippen LogP contribution in [-0.2, 0) is 20.6 Å². The molecule has 12 rings (SSSR count). The molecule has 3 saturated heterocycles. The van der Waals surface area contributed by atoms with Gasteiger partial charge in [-0.25, -0.2) is 55.5 Å². The number of nitrogens with zero attached hydrogens (tertiary/aromatic N) is 8. The van der Waals surface area contributed by atoms with Crippen molar-refractivity contribution in [2.24, 2.45) is 0 Å². The van der Waals surface area contributed by atoms with Crippen molar-refractivity contribution < 1.29 is 73.9 Å². The number of anilines is 4. The van der Waals surface area contributed by atoms with Crippen LogP contribution < -0.4 is 30.7 Å². The SMILES string of the molecule is C1CCOCC1.CC(C)N1CCOc2c(F)cc(-c3nc(Cc4ccc(C(=O)N5CCOCC5)c(F)c4)ncc3F)cc21.CC(C)N1CCOc2c(F)cc(-c3nc(Cl)ncc3F)cc21.Nc1ccc(C(=O)N2CCOCC2)c(F)c1.Nc1ccc(C(=O)O)c(F)c1. The predicted octanol–water partition coefficient (Wildman–Crippen LogP) is 11.1. The lowest BCUT2D eigenvalue weighted by atomic mass is 10.1. The second-order valence-electron chi connectivity index (χ2n) is 22.0. The third kappa shape index (κ3) is 18.0. The number of carbonyl (C=O) groups excluding carboxylic acids is 2. The Balaban J connectivity index is 0.000000167. The van der Waals surface area contributed by atoms with Crippen molar-refractivity contribution in [1.29, 1.82) is 0 Å². The molecule has 0 bridgehead atoms. The zero-order valence-corrected chi connectivity index (χ0v) is 51.8. The van der Waals surface area contributed by atoms with Gasteiger partial charge >= 0.3 is 5.97 Å². The van der Waals surface area contributed by atoms with Gasteiger partial charge in [-0.1, -0.05) is 6.07 Å². The van der Waals surface area contributed by atoms with E-state index in [4.69, 9.17) is 51.9 Å². The fourth-order valence-electron chi connectivity index (χ4n) is 10.2. The summed E-state index contributed by atoms with van der Waals surface area (Å²) in [5.74, 6) is -5.96. The predicted molar refractivity (Wildman–Crippen MR) is 332 cm³/mol. The van der Waals surface area contributed by atoms with E-state index in [0.29, 0.717) is 107 Å². The monoisotopic (exact) mass is 1300 g/mol. The number of halogens is 8. The number of aromatic nitrogens is 4. The van der Waals surface area contributed by atoms with Crippen LogP contribution in [0.1, 0.15) is 89.4 Å². The molecule has 0 atom stereocenters. The molecule has 0 spiro atoms. The van der Waals surface area contributed by atoms with Gasteiger partial charge in [-0.3, -0.25) is 9.59 Å². The Bertz CT molecular complexity index is 3720. The van der Waals surface area contributed by atoms with Gasteiger partial charge in [0.2, 0.25) is 5.28 Å². The number of morpholine rings is 2. The quantitative estimate of drug-likeness (QED) is 0.0692. The summed E-state index contributed by atoms with van der Waals surface area (Å²) in [6.07, 6.45) is 6.03. The van der Waals surface area contributed by atoms with E-state index in [1.807, 2.05) is 37.5 Å². The van der Waals surface area contributed by atoms with Gasteiger partial charge in [0.1, 0.15) is 47.9 Å². The van der Waals surface area contributed by atoms with Crippen LogP contribution in [0.2, 0.25) is 5.28 Å². The normalized spacial score (nSPS) is 15.1. The molecule has 490 valence electrons. The van der Waals surface area contributed by atoms with Gasteiger partial charge < -0.3 is 59.9 Å². The Kier molecular flexibility index (Phi) is 24.3. The third-order valence-electron chi connectivity index (χ3n) is 14.9. The first-order chi connectivity index (χ1) is 44.1. The highest BCUT2D eigenvalue weighted by Gasteiger charge is 2.29. The molecular weight excluding hydrogens is 1230 g/mol. The van der Waals surface area contributed by atoms with Crippen LogP contribution >= 0.6 is 11.6 Å². The molecule has 5 aromatic carbocycles. The minimum atomic E-state index is -1.29. The average Bonchev–Trinajstić information content (AvgIpc) is 0.803. The lowest BCUT2D eigenvalue weighted by molar-refractivity contribution is 0.0298. The van der Waals surface area contributed by atoms with E-state index in [1.165, 1.54) is 61.7 Å². The van der Waals surface area contributed by atoms with Crippen molar-refractivity contribution in [3.8, 4) is 34.0 Å². The van der Waals surface area contributed by atoms with E-state index in [9.17, 15) is 45.1 Å². The first kappa shape index (κ1) is 69.0. The van der Waals surface area contributed by atoms with Crippen LogP contribution in [0.25, 0.3) is 22.5 Å². The van der Waals surface area contributed by atoms with Gasteiger partial charge in [0.25, 0.3) is 11.8 Å². The number of nitrogen functional groups attached to an aromatic ring is 2. The van der Waals surface area contributed by atoms with Gasteiger partial charge in [0.15, 0.2) is 34.8 Å². The van der Waals surface area contributed by atoms with Gasteiger partial charge in [-0.05, 0) is 137 Å². The Hall–Kier alpha value is -8.85. The number of fused-ring (bicyclic) bond motifs is 2. The molecule has 2 aromatic heterocycles. The summed E-state index contributed by atoms with van der Waals surface area (Å²) in [4.78, 5) is 57.8. The van der Waals surface area contributed by atoms with Crippen LogP contribution in [0.4, 0.5) is 53.5 Å². The Labute approximate surface area is 532 Å². The molecule has 0 saturated carbocycles. The Morgan fingerprint density at radius 2 is 0.946 bits per heavy atom. The molecule has 19 nitrogen and oxygen atoms in total. The lowest BCUT2D eigenvalue weighted by Gasteiger charge is -2.34. The number of nitrogens with two attached hydrogens (primary N) is 2. The minimum Gasteiger partial charge on any atom is -0.486 e. The summed E-state index contributed by atoms with van der Waals surface area (Å²) in [6.45, 7) is 15.7. The molecule has 7 aromatic rings. The van der Waals surface area contributed by atoms with E-state index in [2.05, 4.69) is 19.9 Å². The first-order valence-electron chi connectivity index (χ1n) is 29.7. The molecule has 5 N–H and O–H groups in total. The minimum absolute atomic E-state index is 0.0205. The Morgan fingerprint density at radius 3 is 1.37 bits per heavy atom. The molecule has 2 amide bonds. The van der Waals surface area contributed by atoms with Crippen LogP contribution in [-0.4, -0.2) is 157 Å². The third-order valence-corrected chi connectivity index (χ3v) is 15.1. The summed E-state index contributed by atoms with van der Waals surface area (Å²) in [5.41, 5.74) is 12.9. The maximum Gasteiger partial charge on any atom is 0.338 e. The zero-order chi connectivity index (χ0) is 66.2. The number of hydrogen-bond donors (Lipinski definition) is 3. The van der Waals surface area contributed by atoms with E-state index in [-0.39, 0.29) is 92.3 Å². The number of carbonyl (C=O) groups is 3. The second-order valence-corrected chi connectivity index (χ2v) is 22.3. The second kappa shape index (κ2) is 32.4. The van der Waals surface area contributed by atoms with Gasteiger partial charge in [-0.15, -0.1) is 0 Å². The number of carboxylic acids is 1. The number of aromatic carboxylic acids is 1. The van der Waals surface area contributed by atoms with Gasteiger partial charge in [0.05, 0.1) is 80.0 Å². The molecule has 92 heavy (non-hydrogen) atoms. The summed E-state index contributed by atoms with van der Waals surface area (Å²) < 4.78 is 125. The Morgan fingerprint density at radius 1 is 0.511 bits per heavy atom. The van der Waals surface area contributed by atoms with Crippen molar-refractivity contribution in [1.82, 2.24) is 29.7 Å². The summed E-state index contributed by atoms with van der Waals surface area (Å²) in [7, 11) is 0. The standard InChI is InChI=1S/C27H27F3N4O3.C15H14ClF2N3O.C11H13FN2O2.C7H6FNO2.C5H10O/c1-16(2)34-7-10-37-26-21(29)13-18(14-23(26)34)25-22(30)15-31-24(32-25)12-17-3-4-19(20(28)11-17)27(35)33-5-8-36-9-6-33;1-8(2)21-3-4-22-14-10(17)5-9(6-12(14)21)13-11(18)7-19-15(16)20-13;12-10-7-8(13)1-2-9(10)11(15)14-3-5-16-6-4-14;8-6-3-4(9)1-2-5(6)7(10)11;1-2-4-6-5-3-1/h3-4,11,13-16H,5-10,12H2,1-2H3;5-8H,3-4H2,1-2H3;1-2,7H,3-6,13H2;1-3H,9H2,(H,10,11);1-5H2. The van der Waals surface area contributed by atoms with Gasteiger partial charge in [-0.2, -0.15) is 0 Å². The summed E-state index contributed by atoms with van der Waals surface area (Å²) >= 11 is 5.71. The number of benzene rings is 5. The van der Waals surface area contributed by atoms with E-state index >= 15 is 0 Å². The van der Waals surface area contributed by atoms with Crippen molar-refractivity contribution in [3.63, 3.8) is 0 Å². The molecule has 0 unspecified atom stereocenters. The fourth-order valence-corrected chi connectivity index (χ4v) is 10.3. The number of rotatable bonds is 9. The van der Waals surface area contributed by atoms with Crippen LogP contribution in [0.3, 0.4) is 0 Å². The van der Waals surface area contributed by atoms with Gasteiger partial charge in [0, 0.05) is 80.4 Å².